The number of hydrogen-bond donors (Lipinski definition) is 4. The molecule has 0 spiro atoms. The topological polar surface area (TPSA) is 105 Å². The van der Waals surface area contributed by atoms with E-state index in [9.17, 15) is 15.0 Å². The lowest BCUT2D eigenvalue weighted by Gasteiger charge is -2.19. The highest BCUT2D eigenvalue weighted by Crippen LogP contribution is 2.20. The second-order valence-electron chi connectivity index (χ2n) is 6.07. The first-order valence-electron chi connectivity index (χ1n) is 8.69. The summed E-state index contributed by atoms with van der Waals surface area (Å²) in [5.74, 6) is 0. The first-order valence-corrected chi connectivity index (χ1v) is 8.69. The molecular formula is C20H26N2O4. The van der Waals surface area contributed by atoms with Crippen LogP contribution in [0.4, 0.5) is 4.79 Å². The molecule has 6 nitrogen and oxygen atoms in total. The fourth-order valence-electron chi connectivity index (χ4n) is 2.58. The number of alkyl carbamates (subject to hydrolysis) is 1. The second kappa shape index (κ2) is 10.6. The van der Waals surface area contributed by atoms with E-state index in [4.69, 9.17) is 10.5 Å². The van der Waals surface area contributed by atoms with Gasteiger partial charge in [-0.2, -0.15) is 0 Å². The van der Waals surface area contributed by atoms with E-state index < -0.39 is 18.3 Å². The van der Waals surface area contributed by atoms with E-state index in [-0.39, 0.29) is 19.6 Å². The van der Waals surface area contributed by atoms with Crippen LogP contribution in [-0.2, 0) is 17.8 Å². The van der Waals surface area contributed by atoms with Gasteiger partial charge in [0.1, 0.15) is 12.7 Å². The Morgan fingerprint density at radius 3 is 2.54 bits per heavy atom. The van der Waals surface area contributed by atoms with E-state index in [1.807, 2.05) is 48.5 Å². The number of aliphatic hydroxyl groups is 2. The first-order chi connectivity index (χ1) is 12.6. The van der Waals surface area contributed by atoms with Gasteiger partial charge >= 0.3 is 6.09 Å². The zero-order chi connectivity index (χ0) is 18.8. The van der Waals surface area contributed by atoms with Crippen LogP contribution in [-0.4, -0.2) is 35.5 Å². The number of carbonyl (C=O) groups excluding carboxylic acids is 1. The van der Waals surface area contributed by atoms with Crippen molar-refractivity contribution in [2.45, 2.75) is 31.7 Å². The van der Waals surface area contributed by atoms with Crippen LogP contribution >= 0.6 is 0 Å². The van der Waals surface area contributed by atoms with Crippen LogP contribution in [0.25, 0.3) is 0 Å². The van der Waals surface area contributed by atoms with Gasteiger partial charge in [-0.15, -0.1) is 0 Å². The van der Waals surface area contributed by atoms with Crippen molar-refractivity contribution in [1.29, 1.82) is 0 Å². The molecule has 0 aliphatic heterocycles. The molecule has 0 aliphatic carbocycles. The molecule has 140 valence electrons. The molecule has 0 aromatic heterocycles. The Kier molecular flexibility index (Phi) is 8.08. The van der Waals surface area contributed by atoms with Crippen molar-refractivity contribution in [3.63, 3.8) is 0 Å². The third-order valence-corrected chi connectivity index (χ3v) is 4.01. The minimum absolute atomic E-state index is 0.186. The molecule has 5 N–H and O–H groups in total. The molecule has 2 atom stereocenters. The molecule has 0 bridgehead atoms. The number of aliphatic hydroxyl groups excluding tert-OH is 2. The van der Waals surface area contributed by atoms with Gasteiger partial charge < -0.3 is 26.0 Å². The molecule has 2 rings (SSSR count). The predicted molar refractivity (Wildman–Crippen MR) is 99.4 cm³/mol. The van der Waals surface area contributed by atoms with Crippen LogP contribution in [0, 0.1) is 0 Å². The van der Waals surface area contributed by atoms with Crippen LogP contribution in [0.15, 0.2) is 54.6 Å². The monoisotopic (exact) mass is 358 g/mol. The van der Waals surface area contributed by atoms with Gasteiger partial charge in [-0.25, -0.2) is 4.79 Å². The largest absolute Gasteiger partial charge is 0.445 e. The number of hydrogen-bond acceptors (Lipinski definition) is 5. The summed E-state index contributed by atoms with van der Waals surface area (Å²) in [6.45, 7) is 0.914. The molecule has 0 aliphatic rings. The molecule has 0 saturated heterocycles. The van der Waals surface area contributed by atoms with Crippen LogP contribution in [0.3, 0.4) is 0 Å². The molecule has 0 saturated carbocycles. The third-order valence-electron chi connectivity index (χ3n) is 4.01. The number of rotatable bonds is 9. The second-order valence-corrected chi connectivity index (χ2v) is 6.07. The summed E-state index contributed by atoms with van der Waals surface area (Å²) in [5.41, 5.74) is 8.08. The van der Waals surface area contributed by atoms with Crippen molar-refractivity contribution in [1.82, 2.24) is 5.32 Å². The van der Waals surface area contributed by atoms with Crippen molar-refractivity contribution >= 4 is 6.09 Å². The van der Waals surface area contributed by atoms with Crippen molar-refractivity contribution in [3.8, 4) is 0 Å². The van der Waals surface area contributed by atoms with Gasteiger partial charge in [0.2, 0.25) is 0 Å². The highest BCUT2D eigenvalue weighted by molar-refractivity contribution is 5.67. The molecule has 0 radical (unpaired) electrons. The zero-order valence-electron chi connectivity index (χ0n) is 14.7. The van der Waals surface area contributed by atoms with Gasteiger partial charge in [0, 0.05) is 6.54 Å². The highest BCUT2D eigenvalue weighted by atomic mass is 16.5. The summed E-state index contributed by atoms with van der Waals surface area (Å²) >= 11 is 0. The number of nitrogens with two attached hydrogens (primary N) is 1. The lowest BCUT2D eigenvalue weighted by Crippen LogP contribution is -2.29. The summed E-state index contributed by atoms with van der Waals surface area (Å²) in [5, 5.41) is 23.0. The Morgan fingerprint density at radius 2 is 1.81 bits per heavy atom. The van der Waals surface area contributed by atoms with Gasteiger partial charge in [-0.3, -0.25) is 0 Å². The first kappa shape index (κ1) is 19.9. The van der Waals surface area contributed by atoms with Crippen molar-refractivity contribution in [2.24, 2.45) is 5.73 Å². The van der Waals surface area contributed by atoms with Gasteiger partial charge in [0.25, 0.3) is 0 Å². The summed E-state index contributed by atoms with van der Waals surface area (Å²) in [7, 11) is 0. The summed E-state index contributed by atoms with van der Waals surface area (Å²) < 4.78 is 5.09. The molecule has 2 aromatic rings. The quantitative estimate of drug-likeness (QED) is 0.548. The van der Waals surface area contributed by atoms with E-state index in [1.165, 1.54) is 0 Å². The standard InChI is InChI=1S/C20H26N2O4/c21-11-9-15-7-4-8-17(13-15)19(24)18(23)10-12-22-20(25)26-14-16-5-2-1-3-6-16/h1-8,13,18-19,23-24H,9-12,14,21H2,(H,22,25). The SMILES string of the molecule is NCCc1cccc(C(O)C(O)CCNC(=O)OCc2ccccc2)c1. The molecule has 0 heterocycles. The lowest BCUT2D eigenvalue weighted by atomic mass is 9.99. The van der Waals surface area contributed by atoms with Crippen molar-refractivity contribution in [3.05, 3.63) is 71.3 Å². The molecular weight excluding hydrogens is 332 g/mol. The average Bonchev–Trinajstić information content (AvgIpc) is 2.67. The maximum Gasteiger partial charge on any atom is 0.407 e. The minimum atomic E-state index is -1.02. The van der Waals surface area contributed by atoms with Crippen LogP contribution < -0.4 is 11.1 Å². The van der Waals surface area contributed by atoms with Crippen LogP contribution in [0.1, 0.15) is 29.2 Å². The Bertz CT molecular complexity index is 679. The molecule has 26 heavy (non-hydrogen) atoms. The zero-order valence-corrected chi connectivity index (χ0v) is 14.7. The smallest absolute Gasteiger partial charge is 0.407 e. The normalized spacial score (nSPS) is 13.0. The number of nitrogens with one attached hydrogen (secondary N) is 1. The van der Waals surface area contributed by atoms with E-state index in [0.717, 1.165) is 11.1 Å². The van der Waals surface area contributed by atoms with Crippen molar-refractivity contribution in [2.75, 3.05) is 13.1 Å². The number of ether oxygens (including phenoxy) is 1. The van der Waals surface area contributed by atoms with E-state index in [1.54, 1.807) is 6.07 Å². The van der Waals surface area contributed by atoms with E-state index in [0.29, 0.717) is 18.5 Å². The van der Waals surface area contributed by atoms with E-state index in [2.05, 4.69) is 5.32 Å². The maximum absolute atomic E-state index is 11.7. The number of carbonyl (C=O) groups is 1. The van der Waals surface area contributed by atoms with Crippen LogP contribution in [0.5, 0.6) is 0 Å². The van der Waals surface area contributed by atoms with Gasteiger partial charge in [0.05, 0.1) is 6.10 Å². The Hall–Kier alpha value is -2.41. The van der Waals surface area contributed by atoms with Gasteiger partial charge in [-0.1, -0.05) is 54.6 Å². The lowest BCUT2D eigenvalue weighted by molar-refractivity contribution is 0.0136. The molecule has 1 amide bonds. The molecule has 0 fully saturated rings. The van der Waals surface area contributed by atoms with Crippen LogP contribution in [0.2, 0.25) is 0 Å². The van der Waals surface area contributed by atoms with Crippen molar-refractivity contribution < 1.29 is 19.7 Å². The Balaban J connectivity index is 1.72. The third kappa shape index (κ3) is 6.48. The number of amides is 1. The summed E-state index contributed by atoms with van der Waals surface area (Å²) in [6.07, 6.45) is -1.64. The Morgan fingerprint density at radius 1 is 1.08 bits per heavy atom. The summed E-state index contributed by atoms with van der Waals surface area (Å²) in [4.78, 5) is 11.7. The van der Waals surface area contributed by atoms with Gasteiger partial charge in [0.15, 0.2) is 0 Å². The number of benzene rings is 2. The summed E-state index contributed by atoms with van der Waals surface area (Å²) in [6, 6.07) is 16.7. The molecule has 6 heteroatoms. The fraction of sp³-hybridized carbons (Fsp3) is 0.350. The van der Waals surface area contributed by atoms with Gasteiger partial charge in [-0.05, 0) is 36.1 Å². The highest BCUT2D eigenvalue weighted by Gasteiger charge is 2.18. The Labute approximate surface area is 153 Å². The fourth-order valence-corrected chi connectivity index (χ4v) is 2.58. The average molecular weight is 358 g/mol. The minimum Gasteiger partial charge on any atom is -0.445 e. The molecule has 2 aromatic carbocycles. The predicted octanol–water partition coefficient (Wildman–Crippen LogP) is 1.90. The molecule has 2 unspecified atom stereocenters. The van der Waals surface area contributed by atoms with E-state index >= 15 is 0 Å². The maximum atomic E-state index is 11.7.